The number of aliphatic hydroxyl groups is 1. The molecule has 1 aliphatic rings. The number of aliphatic hydroxyl groups excluding tert-OH is 1. The second-order valence-electron chi connectivity index (χ2n) is 6.68. The molecule has 1 rings (SSSR count). The average Bonchev–Trinajstić information content (AvgIpc) is 3.26. The first-order valence-corrected chi connectivity index (χ1v) is 9.19. The van der Waals surface area contributed by atoms with Crippen LogP contribution in [0.4, 0.5) is 0 Å². The van der Waals surface area contributed by atoms with Crippen molar-refractivity contribution in [3.63, 3.8) is 0 Å². The van der Waals surface area contributed by atoms with Crippen LogP contribution in [-0.4, -0.2) is 22.3 Å². The Hall–Kier alpha value is -1.27. The van der Waals surface area contributed by atoms with Gasteiger partial charge < -0.3 is 10.2 Å². The smallest absolute Gasteiger partial charge is 0.303 e. The zero-order valence-corrected chi connectivity index (χ0v) is 14.5. The van der Waals surface area contributed by atoms with Crippen molar-refractivity contribution >= 4 is 5.97 Å². The highest BCUT2D eigenvalue weighted by atomic mass is 16.4. The Morgan fingerprint density at radius 3 is 2.74 bits per heavy atom. The summed E-state index contributed by atoms with van der Waals surface area (Å²) in [6.45, 7) is 2.15. The van der Waals surface area contributed by atoms with E-state index >= 15 is 0 Å². The highest BCUT2D eigenvalue weighted by molar-refractivity contribution is 5.66. The van der Waals surface area contributed by atoms with Crippen LogP contribution < -0.4 is 0 Å². The van der Waals surface area contributed by atoms with Crippen LogP contribution in [0.25, 0.3) is 0 Å². The molecule has 3 heteroatoms. The third-order valence-electron chi connectivity index (χ3n) is 4.52. The van der Waals surface area contributed by atoms with Crippen LogP contribution in [-0.2, 0) is 4.79 Å². The maximum Gasteiger partial charge on any atom is 0.303 e. The summed E-state index contributed by atoms with van der Waals surface area (Å²) < 4.78 is 0. The Labute approximate surface area is 141 Å². The van der Waals surface area contributed by atoms with Crippen LogP contribution in [0, 0.1) is 23.7 Å². The van der Waals surface area contributed by atoms with Gasteiger partial charge in [0.05, 0.1) is 0 Å². The van der Waals surface area contributed by atoms with Gasteiger partial charge in [0.2, 0.25) is 0 Å². The van der Waals surface area contributed by atoms with E-state index in [1.807, 2.05) is 6.08 Å². The second-order valence-corrected chi connectivity index (χ2v) is 6.68. The summed E-state index contributed by atoms with van der Waals surface area (Å²) >= 11 is 0. The number of hydrogen-bond acceptors (Lipinski definition) is 2. The molecule has 2 N–H and O–H groups in total. The molecule has 0 saturated heterocycles. The number of rotatable bonds is 12. The second kappa shape index (κ2) is 12.2. The van der Waals surface area contributed by atoms with Crippen LogP contribution in [0.15, 0.2) is 12.2 Å². The topological polar surface area (TPSA) is 57.5 Å². The van der Waals surface area contributed by atoms with Gasteiger partial charge in [-0.2, -0.15) is 0 Å². The van der Waals surface area contributed by atoms with Crippen molar-refractivity contribution in [3.8, 4) is 11.8 Å². The predicted molar refractivity (Wildman–Crippen MR) is 94.0 cm³/mol. The zero-order valence-electron chi connectivity index (χ0n) is 14.5. The molecule has 0 radical (unpaired) electrons. The minimum Gasteiger partial charge on any atom is -0.481 e. The van der Waals surface area contributed by atoms with E-state index in [0.29, 0.717) is 6.42 Å². The van der Waals surface area contributed by atoms with Crippen LogP contribution in [0.5, 0.6) is 0 Å². The fourth-order valence-corrected chi connectivity index (χ4v) is 2.96. The molecule has 130 valence electrons. The van der Waals surface area contributed by atoms with Crippen LogP contribution in [0.2, 0.25) is 0 Å². The monoisotopic (exact) mass is 320 g/mol. The number of hydrogen-bond donors (Lipinski definition) is 2. The van der Waals surface area contributed by atoms with Crippen LogP contribution in [0.1, 0.15) is 77.6 Å². The van der Waals surface area contributed by atoms with Gasteiger partial charge in [0.15, 0.2) is 0 Å². The molecule has 3 nitrogen and oxygen atoms in total. The number of aliphatic carboxylic acids is 1. The highest BCUT2D eigenvalue weighted by Gasteiger charge is 2.34. The van der Waals surface area contributed by atoms with Gasteiger partial charge >= 0.3 is 5.97 Å². The normalized spacial score (nSPS) is 21.0. The maximum absolute atomic E-state index is 10.4. The zero-order chi connectivity index (χ0) is 16.9. The van der Waals surface area contributed by atoms with E-state index in [0.717, 1.165) is 50.4 Å². The van der Waals surface area contributed by atoms with Gasteiger partial charge in [0.25, 0.3) is 0 Å². The molecule has 0 aromatic rings. The molecule has 0 unspecified atom stereocenters. The number of carbonyl (C=O) groups is 1. The highest BCUT2D eigenvalue weighted by Crippen LogP contribution is 2.45. The van der Waals surface area contributed by atoms with E-state index in [-0.39, 0.29) is 0 Å². The van der Waals surface area contributed by atoms with E-state index in [2.05, 4.69) is 24.8 Å². The molecular formula is C20H32O3. The molecule has 0 aromatic heterocycles. The molecule has 1 saturated carbocycles. The van der Waals surface area contributed by atoms with E-state index in [4.69, 9.17) is 5.11 Å². The average molecular weight is 320 g/mol. The first-order valence-electron chi connectivity index (χ1n) is 9.19. The Morgan fingerprint density at radius 1 is 1.22 bits per heavy atom. The van der Waals surface area contributed by atoms with Crippen LogP contribution in [0.3, 0.4) is 0 Å². The third-order valence-corrected chi connectivity index (χ3v) is 4.52. The van der Waals surface area contributed by atoms with Crippen molar-refractivity contribution in [1.82, 2.24) is 0 Å². The fourth-order valence-electron chi connectivity index (χ4n) is 2.96. The third kappa shape index (κ3) is 11.0. The summed E-state index contributed by atoms with van der Waals surface area (Å²) in [6, 6.07) is 0. The molecule has 1 aliphatic carbocycles. The standard InChI is InChI=1S/C20H32O3/c1-2-3-6-13-19(21)14-8-5-4-7-11-17-16-18(17)12-9-10-15-20(22)23/h4-5,17-19,21H,2-3,6-7,9-13,15-16H2,1H3,(H,22,23)/b5-4-/t17-,18+,19+/m0/s1. The molecular weight excluding hydrogens is 288 g/mol. The lowest BCUT2D eigenvalue weighted by Gasteiger charge is -2.00. The Balaban J connectivity index is 1.98. The SMILES string of the molecule is CCCCC[C@@H](O)C#C/C=C\CC[C@H]1C[C@H]1CCCCC(=O)O. The number of carboxylic acid groups (broad SMARTS) is 1. The molecule has 0 amide bonds. The number of allylic oxidation sites excluding steroid dienone is 2. The van der Waals surface area contributed by atoms with E-state index in [1.165, 1.54) is 25.7 Å². The lowest BCUT2D eigenvalue weighted by Crippen LogP contribution is -2.01. The van der Waals surface area contributed by atoms with Gasteiger partial charge in [-0.25, -0.2) is 0 Å². The molecule has 0 bridgehead atoms. The van der Waals surface area contributed by atoms with Gasteiger partial charge in [-0.05, 0) is 56.4 Å². The molecule has 0 heterocycles. The molecule has 1 fully saturated rings. The summed E-state index contributed by atoms with van der Waals surface area (Å²) in [5.74, 6) is 6.77. The van der Waals surface area contributed by atoms with Crippen LogP contribution >= 0.6 is 0 Å². The molecule has 23 heavy (non-hydrogen) atoms. The van der Waals surface area contributed by atoms with Crippen molar-refractivity contribution in [3.05, 3.63) is 12.2 Å². The van der Waals surface area contributed by atoms with Crippen molar-refractivity contribution in [2.45, 2.75) is 83.7 Å². The first kappa shape index (κ1) is 19.8. The van der Waals surface area contributed by atoms with Gasteiger partial charge in [-0.15, -0.1) is 0 Å². The van der Waals surface area contributed by atoms with E-state index in [1.54, 1.807) is 0 Å². The largest absolute Gasteiger partial charge is 0.481 e. The minimum atomic E-state index is -0.681. The van der Waals surface area contributed by atoms with Gasteiger partial charge in [0, 0.05) is 6.42 Å². The van der Waals surface area contributed by atoms with Gasteiger partial charge in [-0.3, -0.25) is 4.79 Å². The lowest BCUT2D eigenvalue weighted by molar-refractivity contribution is -0.137. The Bertz CT molecular complexity index is 416. The molecule has 3 atom stereocenters. The Morgan fingerprint density at radius 2 is 2.00 bits per heavy atom. The van der Waals surface area contributed by atoms with Crippen molar-refractivity contribution in [2.24, 2.45) is 11.8 Å². The van der Waals surface area contributed by atoms with Gasteiger partial charge in [-0.1, -0.05) is 50.5 Å². The predicted octanol–water partition coefficient (Wildman–Crippen LogP) is 4.55. The lowest BCUT2D eigenvalue weighted by atomic mass is 10.1. The summed E-state index contributed by atoms with van der Waals surface area (Å²) in [5, 5.41) is 18.2. The van der Waals surface area contributed by atoms with Crippen molar-refractivity contribution in [1.29, 1.82) is 0 Å². The number of unbranched alkanes of at least 4 members (excludes halogenated alkanes) is 3. The summed E-state index contributed by atoms with van der Waals surface area (Å²) in [6.07, 6.45) is 14.6. The van der Waals surface area contributed by atoms with Crippen molar-refractivity contribution < 1.29 is 15.0 Å². The summed E-state index contributed by atoms with van der Waals surface area (Å²) in [5.41, 5.74) is 0. The quantitative estimate of drug-likeness (QED) is 0.410. The minimum absolute atomic E-state index is 0.309. The summed E-state index contributed by atoms with van der Waals surface area (Å²) in [4.78, 5) is 10.4. The van der Waals surface area contributed by atoms with Crippen molar-refractivity contribution in [2.75, 3.05) is 0 Å². The molecule has 0 spiro atoms. The number of carboxylic acids is 1. The molecule has 0 aromatic carbocycles. The fraction of sp³-hybridized carbons (Fsp3) is 0.750. The first-order chi connectivity index (χ1) is 11.1. The summed E-state index contributed by atoms with van der Waals surface area (Å²) in [7, 11) is 0. The molecule has 0 aliphatic heterocycles. The van der Waals surface area contributed by atoms with Gasteiger partial charge in [0.1, 0.15) is 6.10 Å². The van der Waals surface area contributed by atoms with E-state index < -0.39 is 12.1 Å². The van der Waals surface area contributed by atoms with E-state index in [9.17, 15) is 9.90 Å². The maximum atomic E-state index is 10.4. The Kier molecular flexibility index (Phi) is 10.5.